The summed E-state index contributed by atoms with van der Waals surface area (Å²) in [6, 6.07) is 3.96. The topological polar surface area (TPSA) is 62.4 Å². The molecule has 1 aromatic heterocycles. The summed E-state index contributed by atoms with van der Waals surface area (Å²) in [5.74, 6) is 0.910. The van der Waals surface area contributed by atoms with Crippen molar-refractivity contribution >= 4 is 11.5 Å². The Bertz CT molecular complexity index is 323. The Morgan fingerprint density at radius 1 is 1.60 bits per heavy atom. The molecule has 2 atom stereocenters. The first-order chi connectivity index (χ1) is 7.18. The number of aliphatic hydroxyl groups excluding tert-OH is 1. The van der Waals surface area contributed by atoms with Gasteiger partial charge in [-0.25, -0.2) is 4.98 Å². The minimum Gasteiger partial charge on any atom is -0.397 e. The van der Waals surface area contributed by atoms with Crippen LogP contribution < -0.4 is 10.6 Å². The van der Waals surface area contributed by atoms with Crippen LogP contribution in [-0.4, -0.2) is 28.8 Å². The molecule has 2 rings (SSSR count). The number of nitrogens with zero attached hydrogens (tertiary/aromatic N) is 2. The quantitative estimate of drug-likeness (QED) is 0.760. The standard InChI is InChI=1S/C11H17N3O/c1-8(15)10-3-2-6-14(10)11-5-4-9(12)7-13-11/h4-5,7-8,10,15H,2-3,6,12H2,1H3/t8-,10-/m1/s1. The van der Waals surface area contributed by atoms with Crippen LogP contribution in [0.3, 0.4) is 0 Å². The molecular weight excluding hydrogens is 190 g/mol. The number of hydrogen-bond donors (Lipinski definition) is 2. The van der Waals surface area contributed by atoms with Crippen molar-refractivity contribution in [1.82, 2.24) is 4.98 Å². The van der Waals surface area contributed by atoms with Gasteiger partial charge in [0.2, 0.25) is 0 Å². The van der Waals surface area contributed by atoms with Crippen LogP contribution in [0, 0.1) is 0 Å². The molecule has 0 radical (unpaired) electrons. The van der Waals surface area contributed by atoms with Crippen molar-refractivity contribution in [1.29, 1.82) is 0 Å². The Morgan fingerprint density at radius 3 is 3.00 bits per heavy atom. The first-order valence-corrected chi connectivity index (χ1v) is 5.35. The van der Waals surface area contributed by atoms with Gasteiger partial charge in [-0.15, -0.1) is 0 Å². The van der Waals surface area contributed by atoms with Crippen molar-refractivity contribution in [2.75, 3.05) is 17.2 Å². The van der Waals surface area contributed by atoms with E-state index in [0.29, 0.717) is 5.69 Å². The van der Waals surface area contributed by atoms with E-state index in [0.717, 1.165) is 25.2 Å². The molecule has 0 spiro atoms. The smallest absolute Gasteiger partial charge is 0.128 e. The van der Waals surface area contributed by atoms with Crippen LogP contribution in [0.5, 0.6) is 0 Å². The summed E-state index contributed by atoms with van der Waals surface area (Å²) in [5.41, 5.74) is 6.26. The molecule has 15 heavy (non-hydrogen) atoms. The summed E-state index contributed by atoms with van der Waals surface area (Å²) in [6.07, 6.45) is 3.49. The van der Waals surface area contributed by atoms with E-state index >= 15 is 0 Å². The number of rotatable bonds is 2. The first kappa shape index (κ1) is 10.2. The number of aliphatic hydroxyl groups is 1. The predicted molar refractivity (Wildman–Crippen MR) is 60.7 cm³/mol. The molecule has 0 aliphatic carbocycles. The zero-order valence-corrected chi connectivity index (χ0v) is 8.93. The highest BCUT2D eigenvalue weighted by Crippen LogP contribution is 2.25. The van der Waals surface area contributed by atoms with Gasteiger partial charge in [0.1, 0.15) is 5.82 Å². The third-order valence-electron chi connectivity index (χ3n) is 2.92. The molecule has 0 amide bonds. The lowest BCUT2D eigenvalue weighted by molar-refractivity contribution is 0.164. The van der Waals surface area contributed by atoms with E-state index in [-0.39, 0.29) is 12.1 Å². The Hall–Kier alpha value is -1.29. The highest BCUT2D eigenvalue weighted by molar-refractivity contribution is 5.47. The van der Waals surface area contributed by atoms with Gasteiger partial charge in [-0.1, -0.05) is 0 Å². The van der Waals surface area contributed by atoms with Crippen molar-refractivity contribution in [3.8, 4) is 0 Å². The van der Waals surface area contributed by atoms with Crippen molar-refractivity contribution < 1.29 is 5.11 Å². The van der Waals surface area contributed by atoms with Crippen molar-refractivity contribution in [2.45, 2.75) is 31.9 Å². The van der Waals surface area contributed by atoms with Crippen LogP contribution in [0.1, 0.15) is 19.8 Å². The Balaban J connectivity index is 2.19. The number of pyridine rings is 1. The van der Waals surface area contributed by atoms with Crippen molar-refractivity contribution in [2.24, 2.45) is 0 Å². The molecule has 0 bridgehead atoms. The summed E-state index contributed by atoms with van der Waals surface area (Å²) in [6.45, 7) is 2.80. The highest BCUT2D eigenvalue weighted by Gasteiger charge is 2.28. The van der Waals surface area contributed by atoms with Gasteiger partial charge in [0, 0.05) is 6.54 Å². The fourth-order valence-corrected chi connectivity index (χ4v) is 2.15. The summed E-state index contributed by atoms with van der Waals surface area (Å²) in [5, 5.41) is 9.64. The fraction of sp³-hybridized carbons (Fsp3) is 0.545. The molecule has 3 N–H and O–H groups in total. The van der Waals surface area contributed by atoms with E-state index in [1.54, 1.807) is 6.20 Å². The Labute approximate surface area is 89.7 Å². The van der Waals surface area contributed by atoms with Gasteiger partial charge in [0.15, 0.2) is 0 Å². The molecule has 4 heteroatoms. The maximum absolute atomic E-state index is 9.64. The monoisotopic (exact) mass is 207 g/mol. The van der Waals surface area contributed by atoms with E-state index in [9.17, 15) is 5.11 Å². The van der Waals surface area contributed by atoms with Crippen LogP contribution in [-0.2, 0) is 0 Å². The lowest BCUT2D eigenvalue weighted by Gasteiger charge is -2.27. The minimum absolute atomic E-state index is 0.195. The molecule has 2 heterocycles. The fourth-order valence-electron chi connectivity index (χ4n) is 2.15. The van der Waals surface area contributed by atoms with Gasteiger partial charge in [-0.2, -0.15) is 0 Å². The molecule has 1 aromatic rings. The predicted octanol–water partition coefficient (Wildman–Crippen LogP) is 1.01. The van der Waals surface area contributed by atoms with Gasteiger partial charge in [-0.3, -0.25) is 0 Å². The normalized spacial score (nSPS) is 23.1. The molecule has 0 saturated carbocycles. The third-order valence-corrected chi connectivity index (χ3v) is 2.92. The number of aromatic nitrogens is 1. The average Bonchev–Trinajstić information content (AvgIpc) is 2.67. The van der Waals surface area contributed by atoms with Gasteiger partial charge in [-0.05, 0) is 31.9 Å². The molecule has 1 aliphatic rings. The Kier molecular flexibility index (Phi) is 2.77. The van der Waals surface area contributed by atoms with Gasteiger partial charge < -0.3 is 15.7 Å². The zero-order valence-electron chi connectivity index (χ0n) is 8.93. The molecule has 1 fully saturated rings. The van der Waals surface area contributed by atoms with Gasteiger partial charge in [0.05, 0.1) is 24.0 Å². The average molecular weight is 207 g/mol. The molecule has 82 valence electrons. The number of nitrogens with two attached hydrogens (primary N) is 1. The molecular formula is C11H17N3O. The molecule has 0 unspecified atom stereocenters. The summed E-state index contributed by atoms with van der Waals surface area (Å²) >= 11 is 0. The van der Waals surface area contributed by atoms with Crippen LogP contribution in [0.2, 0.25) is 0 Å². The van der Waals surface area contributed by atoms with E-state index in [1.807, 2.05) is 19.1 Å². The van der Waals surface area contributed by atoms with Crippen LogP contribution in [0.4, 0.5) is 11.5 Å². The number of anilines is 2. The molecule has 4 nitrogen and oxygen atoms in total. The van der Waals surface area contributed by atoms with Gasteiger partial charge >= 0.3 is 0 Å². The van der Waals surface area contributed by atoms with Crippen molar-refractivity contribution in [3.63, 3.8) is 0 Å². The molecule has 1 saturated heterocycles. The minimum atomic E-state index is -0.313. The number of hydrogen-bond acceptors (Lipinski definition) is 4. The van der Waals surface area contributed by atoms with Gasteiger partial charge in [0.25, 0.3) is 0 Å². The summed E-state index contributed by atoms with van der Waals surface area (Å²) in [7, 11) is 0. The second-order valence-corrected chi connectivity index (χ2v) is 4.09. The third kappa shape index (κ3) is 2.04. The van der Waals surface area contributed by atoms with Crippen LogP contribution in [0.25, 0.3) is 0 Å². The van der Waals surface area contributed by atoms with Crippen molar-refractivity contribution in [3.05, 3.63) is 18.3 Å². The lowest BCUT2D eigenvalue weighted by Crippen LogP contribution is -2.37. The van der Waals surface area contributed by atoms with Crippen LogP contribution >= 0.6 is 0 Å². The second-order valence-electron chi connectivity index (χ2n) is 4.09. The molecule has 1 aliphatic heterocycles. The largest absolute Gasteiger partial charge is 0.397 e. The zero-order chi connectivity index (χ0) is 10.8. The first-order valence-electron chi connectivity index (χ1n) is 5.35. The highest BCUT2D eigenvalue weighted by atomic mass is 16.3. The van der Waals surface area contributed by atoms with E-state index < -0.39 is 0 Å². The Morgan fingerprint density at radius 2 is 2.40 bits per heavy atom. The molecule has 0 aromatic carbocycles. The maximum atomic E-state index is 9.64. The maximum Gasteiger partial charge on any atom is 0.128 e. The van der Waals surface area contributed by atoms with E-state index in [2.05, 4.69) is 9.88 Å². The second kappa shape index (κ2) is 4.06. The SMILES string of the molecule is C[C@@H](O)[C@H]1CCCN1c1ccc(N)cn1. The summed E-state index contributed by atoms with van der Waals surface area (Å²) < 4.78 is 0. The summed E-state index contributed by atoms with van der Waals surface area (Å²) in [4.78, 5) is 6.44. The van der Waals surface area contributed by atoms with E-state index in [4.69, 9.17) is 5.73 Å². The van der Waals surface area contributed by atoms with E-state index in [1.165, 1.54) is 0 Å². The lowest BCUT2D eigenvalue weighted by atomic mass is 10.1. The van der Waals surface area contributed by atoms with Crippen LogP contribution in [0.15, 0.2) is 18.3 Å². The number of nitrogen functional groups attached to an aromatic ring is 1.